The topological polar surface area (TPSA) is 137 Å². The number of anilines is 1. The minimum Gasteiger partial charge on any atom is -0.475 e. The lowest BCUT2D eigenvalue weighted by atomic mass is 10.1. The van der Waals surface area contributed by atoms with Gasteiger partial charge in [-0.05, 0) is 26.0 Å². The summed E-state index contributed by atoms with van der Waals surface area (Å²) in [5, 5.41) is 9.99. The molecule has 0 radical (unpaired) electrons. The second-order valence-corrected chi connectivity index (χ2v) is 7.41. The number of ether oxygens (including phenoxy) is 1. The molecule has 4 N–H and O–H groups in total. The highest BCUT2D eigenvalue weighted by molar-refractivity contribution is 5.93. The molecular formula is C22H20F6N4O5. The number of nitrogens with one attached hydrogen (secondary N) is 1. The Balaban J connectivity index is 0.000000604. The molecule has 0 aliphatic heterocycles. The molecule has 3 rings (SSSR count). The van der Waals surface area contributed by atoms with Crippen molar-refractivity contribution >= 4 is 28.8 Å². The molecule has 3 aromatic rings. The number of carboxylic acid groups (broad SMARTS) is 1. The summed E-state index contributed by atoms with van der Waals surface area (Å²) in [4.78, 5) is 38.2. The van der Waals surface area contributed by atoms with Crippen molar-refractivity contribution in [3.8, 4) is 5.69 Å². The third kappa shape index (κ3) is 7.19. The van der Waals surface area contributed by atoms with Gasteiger partial charge in [-0.25, -0.2) is 27.7 Å². The van der Waals surface area contributed by atoms with Crippen molar-refractivity contribution in [3.05, 3.63) is 63.7 Å². The van der Waals surface area contributed by atoms with E-state index in [1.54, 1.807) is 13.8 Å². The Morgan fingerprint density at radius 1 is 1.19 bits per heavy atom. The Morgan fingerprint density at radius 3 is 2.24 bits per heavy atom. The van der Waals surface area contributed by atoms with Gasteiger partial charge < -0.3 is 20.9 Å². The fraction of sp³-hybridized carbons (Fsp3) is 0.273. The van der Waals surface area contributed by atoms with E-state index in [0.29, 0.717) is 24.5 Å². The van der Waals surface area contributed by atoms with Crippen LogP contribution >= 0.6 is 0 Å². The molecule has 0 aliphatic rings. The number of aliphatic carboxylic acids is 1. The number of esters is 1. The van der Waals surface area contributed by atoms with Crippen LogP contribution in [0.2, 0.25) is 0 Å². The highest BCUT2D eigenvalue weighted by Crippen LogP contribution is 2.24. The molecule has 1 aromatic carbocycles. The minimum absolute atomic E-state index is 0.00599. The summed E-state index contributed by atoms with van der Waals surface area (Å²) >= 11 is 0. The van der Waals surface area contributed by atoms with Crippen molar-refractivity contribution in [2.45, 2.75) is 26.1 Å². The Labute approximate surface area is 204 Å². The van der Waals surface area contributed by atoms with Crippen LogP contribution in [0.15, 0.2) is 35.3 Å². The Hall–Kier alpha value is -4.14. The number of alkyl halides is 3. The third-order valence-electron chi connectivity index (χ3n) is 4.42. The van der Waals surface area contributed by atoms with Crippen LogP contribution in [0, 0.1) is 17.5 Å². The van der Waals surface area contributed by atoms with E-state index in [0.717, 1.165) is 10.8 Å². The summed E-state index contributed by atoms with van der Waals surface area (Å²) in [7, 11) is 0. The van der Waals surface area contributed by atoms with Crippen LogP contribution in [0.4, 0.5) is 32.2 Å². The zero-order valence-corrected chi connectivity index (χ0v) is 19.2. The van der Waals surface area contributed by atoms with Crippen LogP contribution in [-0.2, 0) is 9.53 Å². The molecule has 2 heterocycles. The van der Waals surface area contributed by atoms with Gasteiger partial charge >= 0.3 is 18.1 Å². The van der Waals surface area contributed by atoms with E-state index in [-0.39, 0.29) is 23.7 Å². The summed E-state index contributed by atoms with van der Waals surface area (Å²) in [5.41, 5.74) is 3.73. The highest BCUT2D eigenvalue weighted by Gasteiger charge is 2.38. The maximum absolute atomic E-state index is 14.5. The molecule has 0 bridgehead atoms. The molecule has 0 fully saturated rings. The van der Waals surface area contributed by atoms with E-state index in [1.807, 2.05) is 0 Å². The van der Waals surface area contributed by atoms with Crippen LogP contribution in [-0.4, -0.2) is 52.0 Å². The van der Waals surface area contributed by atoms with Gasteiger partial charge in [-0.1, -0.05) is 0 Å². The van der Waals surface area contributed by atoms with Crippen molar-refractivity contribution in [3.63, 3.8) is 0 Å². The predicted octanol–water partition coefficient (Wildman–Crippen LogP) is 3.37. The largest absolute Gasteiger partial charge is 0.490 e. The van der Waals surface area contributed by atoms with Gasteiger partial charge in [0.25, 0.3) is 0 Å². The van der Waals surface area contributed by atoms with Gasteiger partial charge in [-0.15, -0.1) is 0 Å². The summed E-state index contributed by atoms with van der Waals surface area (Å²) in [6.07, 6.45) is -4.15. The van der Waals surface area contributed by atoms with E-state index in [2.05, 4.69) is 10.3 Å². The number of carbonyl (C=O) groups is 2. The lowest BCUT2D eigenvalue weighted by molar-refractivity contribution is -0.192. The smallest absolute Gasteiger partial charge is 0.475 e. The number of benzene rings is 1. The first-order valence-corrected chi connectivity index (χ1v) is 10.3. The third-order valence-corrected chi connectivity index (χ3v) is 4.42. The molecule has 9 nitrogen and oxygen atoms in total. The maximum atomic E-state index is 14.5. The Bertz CT molecular complexity index is 1350. The Morgan fingerprint density at radius 2 is 1.76 bits per heavy atom. The van der Waals surface area contributed by atoms with Crippen molar-refractivity contribution < 1.29 is 45.8 Å². The van der Waals surface area contributed by atoms with E-state index in [9.17, 15) is 35.9 Å². The molecule has 0 aliphatic carbocycles. The number of hydrogen-bond donors (Lipinski definition) is 3. The van der Waals surface area contributed by atoms with Crippen molar-refractivity contribution in [1.82, 2.24) is 9.55 Å². The first-order valence-electron chi connectivity index (χ1n) is 10.3. The van der Waals surface area contributed by atoms with Crippen LogP contribution in [0.5, 0.6) is 0 Å². The highest BCUT2D eigenvalue weighted by atomic mass is 19.4. The number of nitrogens with zero attached hydrogens (tertiary/aromatic N) is 2. The summed E-state index contributed by atoms with van der Waals surface area (Å²) < 4.78 is 79.9. The zero-order chi connectivity index (χ0) is 28.1. The van der Waals surface area contributed by atoms with E-state index < -0.39 is 52.2 Å². The van der Waals surface area contributed by atoms with Gasteiger partial charge in [0.15, 0.2) is 17.3 Å². The molecule has 1 atom stereocenters. The summed E-state index contributed by atoms with van der Waals surface area (Å²) in [6.45, 7) is 3.66. The summed E-state index contributed by atoms with van der Waals surface area (Å²) in [6, 6.07) is 3.62. The Kier molecular flexibility index (Phi) is 9.22. The SMILES string of the molecule is CCOC(=O)c1cn(-c2c(F)cc(F)cc2F)c2nc(NCC(C)N)ccc2c1=O.O=C(O)C(F)(F)F. The fourth-order valence-electron chi connectivity index (χ4n) is 2.86. The average Bonchev–Trinajstić information content (AvgIpc) is 2.78. The maximum Gasteiger partial charge on any atom is 0.490 e. The second-order valence-electron chi connectivity index (χ2n) is 7.41. The second kappa shape index (κ2) is 11.7. The van der Waals surface area contributed by atoms with Crippen molar-refractivity contribution in [1.29, 1.82) is 0 Å². The number of hydrogen-bond acceptors (Lipinski definition) is 7. The number of carboxylic acids is 1. The standard InChI is InChI=1S/C20H19F3N4O3.C2HF3O2/c1-3-30-20(29)13-9-27(17-14(22)6-11(21)7-15(17)23)19-12(18(13)28)4-5-16(26-19)25-8-10(2)24;3-2(4,5)1(6)7/h4-7,9-10H,3,8,24H2,1-2H3,(H,25,26);(H,6,7). The van der Waals surface area contributed by atoms with Crippen molar-refractivity contribution in [2.24, 2.45) is 5.73 Å². The van der Waals surface area contributed by atoms with Gasteiger partial charge in [0, 0.05) is 30.9 Å². The number of nitrogens with two attached hydrogens (primary N) is 1. The van der Waals surface area contributed by atoms with Crippen LogP contribution < -0.4 is 16.5 Å². The van der Waals surface area contributed by atoms with E-state index >= 15 is 0 Å². The normalized spacial score (nSPS) is 11.9. The van der Waals surface area contributed by atoms with Crippen LogP contribution in [0.3, 0.4) is 0 Å². The fourth-order valence-corrected chi connectivity index (χ4v) is 2.86. The molecule has 200 valence electrons. The molecule has 0 saturated carbocycles. The molecule has 0 saturated heterocycles. The number of fused-ring (bicyclic) bond motifs is 1. The molecule has 37 heavy (non-hydrogen) atoms. The first kappa shape index (κ1) is 29.1. The lowest BCUT2D eigenvalue weighted by Gasteiger charge is -2.15. The van der Waals surface area contributed by atoms with Crippen LogP contribution in [0.1, 0.15) is 24.2 Å². The molecular weight excluding hydrogens is 514 g/mol. The van der Waals surface area contributed by atoms with Gasteiger partial charge in [0.1, 0.15) is 22.9 Å². The average molecular weight is 534 g/mol. The van der Waals surface area contributed by atoms with Gasteiger partial charge in [0.05, 0.1) is 12.0 Å². The number of aromatic nitrogens is 2. The molecule has 15 heteroatoms. The first-order chi connectivity index (χ1) is 17.2. The lowest BCUT2D eigenvalue weighted by Crippen LogP contribution is -2.26. The predicted molar refractivity (Wildman–Crippen MR) is 119 cm³/mol. The molecule has 0 amide bonds. The number of rotatable bonds is 6. The monoisotopic (exact) mass is 534 g/mol. The number of carbonyl (C=O) groups excluding carboxylic acids is 1. The number of halogens is 6. The quantitative estimate of drug-likeness (QED) is 0.324. The van der Waals surface area contributed by atoms with Crippen molar-refractivity contribution in [2.75, 3.05) is 18.5 Å². The minimum atomic E-state index is -5.08. The van der Waals surface area contributed by atoms with Gasteiger partial charge in [-0.2, -0.15) is 13.2 Å². The van der Waals surface area contributed by atoms with E-state index in [1.165, 1.54) is 12.1 Å². The molecule has 1 unspecified atom stereocenters. The zero-order valence-electron chi connectivity index (χ0n) is 19.2. The van der Waals surface area contributed by atoms with Gasteiger partial charge in [-0.3, -0.25) is 9.36 Å². The molecule has 2 aromatic heterocycles. The van der Waals surface area contributed by atoms with E-state index in [4.69, 9.17) is 20.4 Å². The van der Waals surface area contributed by atoms with Gasteiger partial charge in [0.2, 0.25) is 5.43 Å². The molecule has 0 spiro atoms. The number of pyridine rings is 2. The van der Waals surface area contributed by atoms with Crippen LogP contribution in [0.25, 0.3) is 16.7 Å². The summed E-state index contributed by atoms with van der Waals surface area (Å²) in [5.74, 6) is -7.00.